The normalized spacial score (nSPS) is 19.8. The maximum Gasteiger partial charge on any atom is 0.332 e. The Bertz CT molecular complexity index is 630. The zero-order valence-electron chi connectivity index (χ0n) is 14.4. The van der Waals surface area contributed by atoms with Gasteiger partial charge in [0.15, 0.2) is 17.6 Å². The number of carbonyl (C=O) groups is 2. The predicted molar refractivity (Wildman–Crippen MR) is 86.3 cm³/mol. The van der Waals surface area contributed by atoms with Gasteiger partial charge in [0, 0.05) is 13.6 Å². The first-order chi connectivity index (χ1) is 11.4. The second-order valence-corrected chi connectivity index (χ2v) is 5.86. The standard InChI is InChI=1S/C17H23NO6/c1-10-7-14(22-3)15(23-4)8-11(10)9-18(2)16(19)12-5-6-13(24-12)17(20)21/h7-8,12-13H,5-6,9H2,1-4H3,(H,20,21)/t12-,13+/m0/s1. The van der Waals surface area contributed by atoms with Crippen LogP contribution in [0, 0.1) is 6.92 Å². The van der Waals surface area contributed by atoms with Gasteiger partial charge < -0.3 is 24.2 Å². The largest absolute Gasteiger partial charge is 0.493 e. The number of hydrogen-bond acceptors (Lipinski definition) is 5. The number of carbonyl (C=O) groups excluding carboxylic acids is 1. The summed E-state index contributed by atoms with van der Waals surface area (Å²) in [7, 11) is 4.81. The molecule has 7 nitrogen and oxygen atoms in total. The van der Waals surface area contributed by atoms with E-state index in [0.717, 1.165) is 11.1 Å². The van der Waals surface area contributed by atoms with E-state index >= 15 is 0 Å². The second kappa shape index (κ2) is 7.53. The Kier molecular flexibility index (Phi) is 5.66. The lowest BCUT2D eigenvalue weighted by Crippen LogP contribution is -2.37. The number of aliphatic carboxylic acids is 1. The van der Waals surface area contributed by atoms with Crippen LogP contribution in [0.2, 0.25) is 0 Å². The molecule has 1 heterocycles. The number of nitrogens with zero attached hydrogens (tertiary/aromatic N) is 1. The van der Waals surface area contributed by atoms with E-state index in [2.05, 4.69) is 0 Å². The summed E-state index contributed by atoms with van der Waals surface area (Å²) in [6.45, 7) is 2.31. The van der Waals surface area contributed by atoms with Crippen LogP contribution in [0.3, 0.4) is 0 Å². The highest BCUT2D eigenvalue weighted by Gasteiger charge is 2.36. The van der Waals surface area contributed by atoms with Gasteiger partial charge in [0.25, 0.3) is 5.91 Å². The van der Waals surface area contributed by atoms with Crippen LogP contribution in [0.25, 0.3) is 0 Å². The van der Waals surface area contributed by atoms with Gasteiger partial charge in [-0.2, -0.15) is 0 Å². The van der Waals surface area contributed by atoms with Crippen molar-refractivity contribution in [2.45, 2.75) is 38.5 Å². The molecule has 1 aliphatic heterocycles. The molecule has 2 atom stereocenters. The molecule has 0 saturated carbocycles. The van der Waals surface area contributed by atoms with Crippen molar-refractivity contribution in [2.24, 2.45) is 0 Å². The fraction of sp³-hybridized carbons (Fsp3) is 0.529. The monoisotopic (exact) mass is 337 g/mol. The number of likely N-dealkylation sites (N-methyl/N-ethyl adjacent to an activating group) is 1. The van der Waals surface area contributed by atoms with E-state index in [1.165, 1.54) is 0 Å². The summed E-state index contributed by atoms with van der Waals surface area (Å²) in [5.74, 6) is -0.00483. The van der Waals surface area contributed by atoms with E-state index in [9.17, 15) is 9.59 Å². The molecular weight excluding hydrogens is 314 g/mol. The van der Waals surface area contributed by atoms with E-state index in [1.54, 1.807) is 26.2 Å². The molecule has 0 aliphatic carbocycles. The molecule has 2 rings (SSSR count). The van der Waals surface area contributed by atoms with Crippen molar-refractivity contribution in [3.05, 3.63) is 23.3 Å². The number of benzene rings is 1. The van der Waals surface area contributed by atoms with Crippen LogP contribution in [0.15, 0.2) is 12.1 Å². The van der Waals surface area contributed by atoms with Crippen molar-refractivity contribution in [1.29, 1.82) is 0 Å². The molecule has 0 radical (unpaired) electrons. The lowest BCUT2D eigenvalue weighted by Gasteiger charge is -2.22. The predicted octanol–water partition coefficient (Wildman–Crippen LogP) is 1.60. The summed E-state index contributed by atoms with van der Waals surface area (Å²) in [5, 5.41) is 8.95. The topological polar surface area (TPSA) is 85.3 Å². The van der Waals surface area contributed by atoms with Gasteiger partial charge in [-0.1, -0.05) is 0 Å². The Labute approximate surface area is 141 Å². The number of hydrogen-bond donors (Lipinski definition) is 1. The van der Waals surface area contributed by atoms with Crippen LogP contribution < -0.4 is 9.47 Å². The van der Waals surface area contributed by atoms with Crippen LogP contribution in [-0.4, -0.2) is 55.4 Å². The minimum Gasteiger partial charge on any atom is -0.493 e. The molecule has 0 aromatic heterocycles. The Balaban J connectivity index is 2.08. The van der Waals surface area contributed by atoms with Crippen LogP contribution in [0.5, 0.6) is 11.5 Å². The Morgan fingerprint density at radius 2 is 1.79 bits per heavy atom. The summed E-state index contributed by atoms with van der Waals surface area (Å²) in [6, 6.07) is 3.70. The number of aryl methyl sites for hydroxylation is 1. The van der Waals surface area contributed by atoms with E-state index in [-0.39, 0.29) is 5.91 Å². The number of ether oxygens (including phenoxy) is 3. The van der Waals surface area contributed by atoms with E-state index in [1.807, 2.05) is 19.1 Å². The van der Waals surface area contributed by atoms with Gasteiger partial charge >= 0.3 is 5.97 Å². The molecule has 1 aliphatic rings. The highest BCUT2D eigenvalue weighted by atomic mass is 16.5. The van der Waals surface area contributed by atoms with Crippen LogP contribution in [-0.2, 0) is 20.9 Å². The summed E-state index contributed by atoms with van der Waals surface area (Å²) < 4.78 is 15.9. The molecular formula is C17H23NO6. The third-order valence-electron chi connectivity index (χ3n) is 4.20. The average Bonchev–Trinajstić information content (AvgIpc) is 3.05. The molecule has 1 aromatic rings. The summed E-state index contributed by atoms with van der Waals surface area (Å²) >= 11 is 0. The van der Waals surface area contributed by atoms with Crippen LogP contribution >= 0.6 is 0 Å². The highest BCUT2D eigenvalue weighted by molar-refractivity contribution is 5.82. The maximum atomic E-state index is 12.5. The van der Waals surface area contributed by atoms with Crippen molar-refractivity contribution >= 4 is 11.9 Å². The molecule has 1 aromatic carbocycles. The number of carboxylic acid groups (broad SMARTS) is 1. The van der Waals surface area contributed by atoms with Gasteiger partial charge in [0.1, 0.15) is 6.10 Å². The molecule has 1 N–H and O–H groups in total. The van der Waals surface area contributed by atoms with Gasteiger partial charge in [0.2, 0.25) is 0 Å². The van der Waals surface area contributed by atoms with Gasteiger partial charge in [-0.25, -0.2) is 4.79 Å². The lowest BCUT2D eigenvalue weighted by atomic mass is 10.1. The van der Waals surface area contributed by atoms with Crippen molar-refractivity contribution < 1.29 is 28.9 Å². The molecule has 7 heteroatoms. The first-order valence-electron chi connectivity index (χ1n) is 7.72. The molecule has 0 spiro atoms. The van der Waals surface area contributed by atoms with Gasteiger partial charge in [-0.3, -0.25) is 4.79 Å². The van der Waals surface area contributed by atoms with E-state index in [4.69, 9.17) is 19.3 Å². The zero-order valence-corrected chi connectivity index (χ0v) is 14.4. The third kappa shape index (κ3) is 3.79. The van der Waals surface area contributed by atoms with Gasteiger partial charge in [0.05, 0.1) is 14.2 Å². The fourth-order valence-electron chi connectivity index (χ4n) is 2.77. The summed E-state index contributed by atoms with van der Waals surface area (Å²) in [6.07, 6.45) is -0.813. The molecule has 1 fully saturated rings. The third-order valence-corrected chi connectivity index (χ3v) is 4.20. The Hall–Kier alpha value is -2.28. The molecule has 0 bridgehead atoms. The second-order valence-electron chi connectivity index (χ2n) is 5.86. The highest BCUT2D eigenvalue weighted by Crippen LogP contribution is 2.31. The molecule has 0 unspecified atom stereocenters. The van der Waals surface area contributed by atoms with Crippen molar-refractivity contribution in [3.8, 4) is 11.5 Å². The smallest absolute Gasteiger partial charge is 0.332 e. The Morgan fingerprint density at radius 1 is 1.21 bits per heavy atom. The molecule has 1 saturated heterocycles. The number of carboxylic acids is 1. The van der Waals surface area contributed by atoms with E-state index < -0.39 is 18.2 Å². The Morgan fingerprint density at radius 3 is 2.33 bits per heavy atom. The van der Waals surface area contributed by atoms with Crippen molar-refractivity contribution in [3.63, 3.8) is 0 Å². The molecule has 132 valence electrons. The lowest BCUT2D eigenvalue weighted by molar-refractivity contribution is -0.154. The first kappa shape index (κ1) is 18.1. The molecule has 1 amide bonds. The minimum absolute atomic E-state index is 0.215. The van der Waals surface area contributed by atoms with Crippen LogP contribution in [0.1, 0.15) is 24.0 Å². The maximum absolute atomic E-state index is 12.5. The van der Waals surface area contributed by atoms with Crippen molar-refractivity contribution in [2.75, 3.05) is 21.3 Å². The number of rotatable bonds is 6. The summed E-state index contributed by atoms with van der Waals surface area (Å²) in [5.41, 5.74) is 1.90. The summed E-state index contributed by atoms with van der Waals surface area (Å²) in [4.78, 5) is 24.9. The number of amides is 1. The van der Waals surface area contributed by atoms with Crippen molar-refractivity contribution in [1.82, 2.24) is 4.90 Å². The SMILES string of the molecule is COc1cc(C)c(CN(C)C(=O)[C@@H]2CC[C@H](C(=O)O)O2)cc1OC. The molecule has 24 heavy (non-hydrogen) atoms. The van der Waals surface area contributed by atoms with E-state index in [0.29, 0.717) is 30.9 Å². The minimum atomic E-state index is -1.02. The van der Waals surface area contributed by atoms with Gasteiger partial charge in [-0.15, -0.1) is 0 Å². The zero-order chi connectivity index (χ0) is 17.9. The quantitative estimate of drug-likeness (QED) is 0.849. The van der Waals surface area contributed by atoms with Crippen LogP contribution in [0.4, 0.5) is 0 Å². The average molecular weight is 337 g/mol. The fourth-order valence-corrected chi connectivity index (χ4v) is 2.77. The van der Waals surface area contributed by atoms with Gasteiger partial charge in [-0.05, 0) is 43.0 Å². The first-order valence-corrected chi connectivity index (χ1v) is 7.72. The number of methoxy groups -OCH3 is 2.